The normalized spacial score (nSPS) is 11.8. The van der Waals surface area contributed by atoms with Crippen molar-refractivity contribution in [2.24, 2.45) is 10.7 Å². The third-order valence-electron chi connectivity index (χ3n) is 3.48. The highest BCUT2D eigenvalue weighted by Gasteiger charge is 2.10. The summed E-state index contributed by atoms with van der Waals surface area (Å²) in [4.78, 5) is 9.82. The third-order valence-corrected chi connectivity index (χ3v) is 4.37. The summed E-state index contributed by atoms with van der Waals surface area (Å²) >= 11 is 1.58. The molecule has 2 N–H and O–H groups in total. The molecular formula is C17H24N4OS. The first-order valence-electron chi connectivity index (χ1n) is 7.43. The fourth-order valence-corrected chi connectivity index (χ4v) is 2.76. The minimum absolute atomic E-state index is 0.534. The molecule has 1 aromatic carbocycles. The van der Waals surface area contributed by atoms with Crippen LogP contribution in [0.2, 0.25) is 0 Å². The molecule has 0 radical (unpaired) electrons. The maximum absolute atomic E-state index is 6.08. The molecule has 0 saturated carbocycles. The zero-order valence-corrected chi connectivity index (χ0v) is 14.9. The Kier molecular flexibility index (Phi) is 6.01. The van der Waals surface area contributed by atoms with Crippen molar-refractivity contribution in [3.63, 3.8) is 0 Å². The van der Waals surface area contributed by atoms with E-state index in [2.05, 4.69) is 35.9 Å². The highest BCUT2D eigenvalue weighted by Crippen LogP contribution is 2.32. The van der Waals surface area contributed by atoms with Gasteiger partial charge in [-0.25, -0.2) is 4.99 Å². The van der Waals surface area contributed by atoms with Gasteiger partial charge in [0.15, 0.2) is 0 Å². The fraction of sp³-hybridized carbons (Fsp3) is 0.353. The number of hydrogen-bond acceptors (Lipinski definition) is 5. The highest BCUT2D eigenvalue weighted by molar-refractivity contribution is 7.12. The molecule has 0 fully saturated rings. The summed E-state index contributed by atoms with van der Waals surface area (Å²) in [6, 6.07) is 9.80. The van der Waals surface area contributed by atoms with E-state index in [1.54, 1.807) is 18.4 Å². The van der Waals surface area contributed by atoms with Gasteiger partial charge in [-0.2, -0.15) is 0 Å². The Hall–Kier alpha value is -2.05. The van der Waals surface area contributed by atoms with E-state index in [-0.39, 0.29) is 0 Å². The van der Waals surface area contributed by atoms with E-state index in [0.717, 1.165) is 35.1 Å². The first-order valence-corrected chi connectivity index (χ1v) is 8.31. The van der Waals surface area contributed by atoms with Crippen molar-refractivity contribution in [1.29, 1.82) is 0 Å². The summed E-state index contributed by atoms with van der Waals surface area (Å²) in [5.74, 6) is 1.37. The molecule has 0 atom stereocenters. The monoisotopic (exact) mass is 332 g/mol. The molecule has 124 valence electrons. The lowest BCUT2D eigenvalue weighted by Crippen LogP contribution is -2.28. The topological polar surface area (TPSA) is 54.1 Å². The fourth-order valence-electron chi connectivity index (χ4n) is 2.14. The summed E-state index contributed by atoms with van der Waals surface area (Å²) in [5.41, 5.74) is 7.91. The quantitative estimate of drug-likeness (QED) is 0.626. The lowest BCUT2D eigenvalue weighted by molar-refractivity contribution is 0.406. The van der Waals surface area contributed by atoms with Gasteiger partial charge in [0, 0.05) is 20.1 Å². The minimum Gasteiger partial charge on any atom is -0.495 e. The Balaban J connectivity index is 2.26. The average molecular weight is 332 g/mol. The average Bonchev–Trinajstić information content (AvgIpc) is 3.07. The number of thiophene rings is 1. The molecular weight excluding hydrogens is 308 g/mol. The van der Waals surface area contributed by atoms with Gasteiger partial charge in [-0.1, -0.05) is 6.07 Å². The lowest BCUT2D eigenvalue weighted by Gasteiger charge is -2.23. The van der Waals surface area contributed by atoms with E-state index < -0.39 is 0 Å². The summed E-state index contributed by atoms with van der Waals surface area (Å²) in [7, 11) is 7.86. The third kappa shape index (κ3) is 4.71. The minimum atomic E-state index is 0.534. The van der Waals surface area contributed by atoms with Crippen molar-refractivity contribution >= 4 is 28.5 Å². The van der Waals surface area contributed by atoms with Crippen LogP contribution in [0.15, 0.2) is 40.7 Å². The Bertz CT molecular complexity index is 653. The molecule has 0 aliphatic rings. The van der Waals surface area contributed by atoms with Crippen LogP contribution in [0.3, 0.4) is 0 Å². The summed E-state index contributed by atoms with van der Waals surface area (Å²) in [5, 5.41) is 1.99. The van der Waals surface area contributed by atoms with Crippen LogP contribution in [-0.2, 0) is 0 Å². The summed E-state index contributed by atoms with van der Waals surface area (Å²) < 4.78 is 5.47. The van der Waals surface area contributed by atoms with Crippen molar-refractivity contribution in [1.82, 2.24) is 4.90 Å². The number of benzene rings is 1. The van der Waals surface area contributed by atoms with Crippen LogP contribution in [0, 0.1) is 0 Å². The predicted octanol–water partition coefficient (Wildman–Crippen LogP) is 2.79. The number of aliphatic imine (C=N–C) groups is 1. The van der Waals surface area contributed by atoms with E-state index in [0.29, 0.717) is 5.84 Å². The lowest BCUT2D eigenvalue weighted by atomic mass is 10.2. The zero-order chi connectivity index (χ0) is 16.8. The number of methoxy groups -OCH3 is 1. The van der Waals surface area contributed by atoms with Crippen LogP contribution in [0.25, 0.3) is 0 Å². The molecule has 5 nitrogen and oxygen atoms in total. The van der Waals surface area contributed by atoms with Crippen LogP contribution < -0.4 is 15.4 Å². The second-order valence-corrected chi connectivity index (χ2v) is 6.50. The molecule has 0 spiro atoms. The molecule has 0 bridgehead atoms. The number of anilines is 1. The van der Waals surface area contributed by atoms with Crippen LogP contribution in [0.4, 0.5) is 11.4 Å². The zero-order valence-electron chi connectivity index (χ0n) is 14.1. The van der Waals surface area contributed by atoms with Gasteiger partial charge in [0.05, 0.1) is 23.4 Å². The number of likely N-dealkylation sites (N-methyl/N-ethyl adjacent to an activating group) is 2. The van der Waals surface area contributed by atoms with Gasteiger partial charge in [-0.3, -0.25) is 0 Å². The molecule has 1 aromatic heterocycles. The summed E-state index contributed by atoms with van der Waals surface area (Å²) in [6.45, 7) is 1.86. The Labute approximate surface area is 142 Å². The van der Waals surface area contributed by atoms with Crippen molar-refractivity contribution in [2.75, 3.05) is 46.2 Å². The molecule has 0 unspecified atom stereocenters. The molecule has 1 heterocycles. The van der Waals surface area contributed by atoms with Crippen LogP contribution in [0.5, 0.6) is 5.75 Å². The second kappa shape index (κ2) is 7.99. The molecule has 23 heavy (non-hydrogen) atoms. The number of nitrogens with two attached hydrogens (primary N) is 1. The van der Waals surface area contributed by atoms with Crippen LogP contribution >= 0.6 is 11.3 Å². The largest absolute Gasteiger partial charge is 0.495 e. The first-order chi connectivity index (χ1) is 11.0. The SMILES string of the molecule is COc1ccc(N=C(N)c2cccs2)cc1N(C)CCN(C)C. The number of rotatable bonds is 7. The van der Waals surface area contributed by atoms with Crippen LogP contribution in [0.1, 0.15) is 4.88 Å². The van der Waals surface area contributed by atoms with Gasteiger partial charge >= 0.3 is 0 Å². The van der Waals surface area contributed by atoms with Crippen molar-refractivity contribution in [3.05, 3.63) is 40.6 Å². The van der Waals surface area contributed by atoms with E-state index in [1.165, 1.54) is 0 Å². The molecule has 0 saturated heterocycles. The smallest absolute Gasteiger partial charge is 0.142 e. The van der Waals surface area contributed by atoms with Gasteiger partial charge in [0.25, 0.3) is 0 Å². The standard InChI is InChI=1S/C17H24N4OS/c1-20(2)9-10-21(3)14-12-13(7-8-15(14)22-4)19-17(18)16-6-5-11-23-16/h5-8,11-12H,9-10H2,1-4H3,(H2,18,19). The molecule has 0 amide bonds. The number of amidine groups is 1. The Morgan fingerprint density at radius 3 is 2.61 bits per heavy atom. The second-order valence-electron chi connectivity index (χ2n) is 5.56. The van der Waals surface area contributed by atoms with Gasteiger partial charge in [0.1, 0.15) is 11.6 Å². The van der Waals surface area contributed by atoms with E-state index in [9.17, 15) is 0 Å². The maximum atomic E-state index is 6.08. The van der Waals surface area contributed by atoms with E-state index >= 15 is 0 Å². The van der Waals surface area contributed by atoms with Crippen LogP contribution in [-0.4, -0.2) is 52.1 Å². The van der Waals surface area contributed by atoms with Gasteiger partial charge in [0.2, 0.25) is 0 Å². The van der Waals surface area contributed by atoms with E-state index in [4.69, 9.17) is 10.5 Å². The predicted molar refractivity (Wildman–Crippen MR) is 99.5 cm³/mol. The van der Waals surface area contributed by atoms with Crippen molar-refractivity contribution < 1.29 is 4.74 Å². The molecule has 6 heteroatoms. The van der Waals surface area contributed by atoms with Gasteiger partial charge in [-0.15, -0.1) is 11.3 Å². The van der Waals surface area contributed by atoms with E-state index in [1.807, 2.05) is 35.7 Å². The van der Waals surface area contributed by atoms with Gasteiger partial charge < -0.3 is 20.3 Å². The highest BCUT2D eigenvalue weighted by atomic mass is 32.1. The van der Waals surface area contributed by atoms with Crippen molar-refractivity contribution in [3.8, 4) is 5.75 Å². The Morgan fingerprint density at radius 1 is 1.22 bits per heavy atom. The Morgan fingerprint density at radius 2 is 2.00 bits per heavy atom. The van der Waals surface area contributed by atoms with Crippen molar-refractivity contribution in [2.45, 2.75) is 0 Å². The number of ether oxygens (including phenoxy) is 1. The first kappa shape index (κ1) is 17.3. The summed E-state index contributed by atoms with van der Waals surface area (Å²) in [6.07, 6.45) is 0. The molecule has 2 aromatic rings. The number of hydrogen-bond donors (Lipinski definition) is 1. The molecule has 0 aliphatic carbocycles. The number of nitrogens with zero attached hydrogens (tertiary/aromatic N) is 3. The molecule has 0 aliphatic heterocycles. The molecule has 2 rings (SSSR count). The van der Waals surface area contributed by atoms with Gasteiger partial charge in [-0.05, 0) is 43.7 Å². The maximum Gasteiger partial charge on any atom is 0.142 e.